The number of aromatic nitrogens is 4. The van der Waals surface area contributed by atoms with Gasteiger partial charge in [0.05, 0.1) is 10.9 Å². The first-order chi connectivity index (χ1) is 11.9. The van der Waals surface area contributed by atoms with E-state index in [1.165, 1.54) is 23.1 Å². The van der Waals surface area contributed by atoms with Crippen LogP contribution < -0.4 is 5.32 Å². The van der Waals surface area contributed by atoms with Crippen LogP contribution in [0.15, 0.2) is 29.4 Å². The van der Waals surface area contributed by atoms with Crippen molar-refractivity contribution in [3.05, 3.63) is 40.4 Å². The quantitative estimate of drug-likeness (QED) is 0.661. The first-order valence-electron chi connectivity index (χ1n) is 7.83. The Kier molecular flexibility index (Phi) is 5.19. The van der Waals surface area contributed by atoms with Crippen molar-refractivity contribution in [3.8, 4) is 11.4 Å². The molecule has 1 amide bonds. The van der Waals surface area contributed by atoms with Gasteiger partial charge in [-0.3, -0.25) is 9.89 Å². The normalized spacial score (nSPS) is 12.2. The predicted molar refractivity (Wildman–Crippen MR) is 102 cm³/mol. The minimum Gasteiger partial charge on any atom is -0.301 e. The monoisotopic (exact) mass is 373 g/mol. The maximum absolute atomic E-state index is 12.3. The highest BCUT2D eigenvalue weighted by Gasteiger charge is 2.19. The topological polar surface area (TPSA) is 83.6 Å². The first-order valence-corrected chi connectivity index (χ1v) is 9.53. The van der Waals surface area contributed by atoms with Gasteiger partial charge in [-0.05, 0) is 33.8 Å². The molecule has 130 valence electrons. The van der Waals surface area contributed by atoms with E-state index in [0.717, 1.165) is 21.7 Å². The Morgan fingerprint density at radius 3 is 2.76 bits per heavy atom. The molecule has 3 rings (SSSR count). The van der Waals surface area contributed by atoms with Gasteiger partial charge in [-0.1, -0.05) is 35.5 Å². The minimum absolute atomic E-state index is 0.111. The predicted octanol–water partition coefficient (Wildman–Crippen LogP) is 3.97. The molecule has 0 saturated heterocycles. The zero-order valence-electron chi connectivity index (χ0n) is 14.5. The van der Waals surface area contributed by atoms with Crippen LogP contribution in [0.2, 0.25) is 0 Å². The van der Waals surface area contributed by atoms with E-state index in [2.05, 4.69) is 25.5 Å². The molecule has 0 bridgehead atoms. The second kappa shape index (κ2) is 7.37. The van der Waals surface area contributed by atoms with Crippen molar-refractivity contribution in [2.75, 3.05) is 5.32 Å². The molecule has 2 N–H and O–H groups in total. The summed E-state index contributed by atoms with van der Waals surface area (Å²) in [7, 11) is 0. The van der Waals surface area contributed by atoms with Crippen LogP contribution in [-0.4, -0.2) is 31.3 Å². The standard InChI is InChI=1S/C17H19N5OS2/c1-9-6-5-7-13(8-9)14-19-17(22-21-14)25-12(4)15(23)20-16-18-10(2)11(3)24-16/h5-8,12H,1-4H3,(H,18,20,23)(H,19,21,22). The summed E-state index contributed by atoms with van der Waals surface area (Å²) in [6.07, 6.45) is 0. The number of thiazole rings is 1. The summed E-state index contributed by atoms with van der Waals surface area (Å²) in [5.41, 5.74) is 3.08. The molecule has 8 heteroatoms. The van der Waals surface area contributed by atoms with E-state index in [9.17, 15) is 4.79 Å². The number of H-pyrrole nitrogens is 1. The van der Waals surface area contributed by atoms with Gasteiger partial charge in [0.2, 0.25) is 11.1 Å². The van der Waals surface area contributed by atoms with Crippen LogP contribution in [0.1, 0.15) is 23.1 Å². The lowest BCUT2D eigenvalue weighted by atomic mass is 10.1. The number of carbonyl (C=O) groups excluding carboxylic acids is 1. The van der Waals surface area contributed by atoms with Crippen LogP contribution in [0.25, 0.3) is 11.4 Å². The number of thioether (sulfide) groups is 1. The molecule has 1 aromatic carbocycles. The molecule has 0 radical (unpaired) electrons. The van der Waals surface area contributed by atoms with Crippen molar-refractivity contribution < 1.29 is 4.79 Å². The summed E-state index contributed by atoms with van der Waals surface area (Å²) in [5.74, 6) is 0.589. The molecule has 3 aromatic rings. The van der Waals surface area contributed by atoms with Crippen LogP contribution in [0.5, 0.6) is 0 Å². The number of benzene rings is 1. The Balaban J connectivity index is 1.64. The highest BCUT2D eigenvalue weighted by Crippen LogP contribution is 2.25. The van der Waals surface area contributed by atoms with Crippen molar-refractivity contribution in [1.82, 2.24) is 20.2 Å². The fourth-order valence-corrected chi connectivity index (χ4v) is 3.71. The molecule has 2 aromatic heterocycles. The van der Waals surface area contributed by atoms with Crippen LogP contribution in [0, 0.1) is 20.8 Å². The molecule has 1 unspecified atom stereocenters. The van der Waals surface area contributed by atoms with E-state index < -0.39 is 0 Å². The summed E-state index contributed by atoms with van der Waals surface area (Å²) >= 11 is 2.79. The Labute approximate surface area is 154 Å². The second-order valence-electron chi connectivity index (χ2n) is 5.75. The van der Waals surface area contributed by atoms with Crippen molar-refractivity contribution in [2.45, 2.75) is 38.1 Å². The average Bonchev–Trinajstić information content (AvgIpc) is 3.14. The third-order valence-corrected chi connectivity index (χ3v) is 5.62. The van der Waals surface area contributed by atoms with Crippen molar-refractivity contribution >= 4 is 34.1 Å². The molecule has 0 aliphatic rings. The maximum atomic E-state index is 12.3. The Bertz CT molecular complexity index is 883. The minimum atomic E-state index is -0.328. The number of anilines is 1. The van der Waals surface area contributed by atoms with Gasteiger partial charge in [-0.25, -0.2) is 9.97 Å². The van der Waals surface area contributed by atoms with E-state index >= 15 is 0 Å². The number of aromatic amines is 1. The van der Waals surface area contributed by atoms with Gasteiger partial charge >= 0.3 is 0 Å². The van der Waals surface area contributed by atoms with Gasteiger partial charge in [0.1, 0.15) is 0 Å². The lowest BCUT2D eigenvalue weighted by Crippen LogP contribution is -2.22. The second-order valence-corrected chi connectivity index (χ2v) is 8.26. The SMILES string of the molecule is Cc1cccc(-c2nc(SC(C)C(=O)Nc3nc(C)c(C)s3)n[nH]2)c1. The zero-order chi connectivity index (χ0) is 18.0. The molecule has 0 aliphatic heterocycles. The molecule has 0 saturated carbocycles. The lowest BCUT2D eigenvalue weighted by molar-refractivity contribution is -0.115. The van der Waals surface area contributed by atoms with E-state index in [1.807, 2.05) is 52.0 Å². The molecular weight excluding hydrogens is 354 g/mol. The van der Waals surface area contributed by atoms with Gasteiger partial charge in [0, 0.05) is 10.4 Å². The van der Waals surface area contributed by atoms with E-state index in [0.29, 0.717) is 16.1 Å². The van der Waals surface area contributed by atoms with Crippen molar-refractivity contribution in [2.24, 2.45) is 0 Å². The van der Waals surface area contributed by atoms with Crippen molar-refractivity contribution in [3.63, 3.8) is 0 Å². The summed E-state index contributed by atoms with van der Waals surface area (Å²) in [4.78, 5) is 22.2. The maximum Gasteiger partial charge on any atom is 0.239 e. The lowest BCUT2D eigenvalue weighted by Gasteiger charge is -2.07. The molecule has 2 heterocycles. The highest BCUT2D eigenvalue weighted by atomic mass is 32.2. The fraction of sp³-hybridized carbons (Fsp3) is 0.294. The molecule has 6 nitrogen and oxygen atoms in total. The van der Waals surface area contributed by atoms with E-state index in [4.69, 9.17) is 0 Å². The molecule has 0 spiro atoms. The number of nitrogens with zero attached hydrogens (tertiary/aromatic N) is 3. The van der Waals surface area contributed by atoms with Crippen LogP contribution in [-0.2, 0) is 4.79 Å². The van der Waals surface area contributed by atoms with Crippen LogP contribution in [0.3, 0.4) is 0 Å². The summed E-state index contributed by atoms with van der Waals surface area (Å²) in [5, 5.41) is 10.8. The number of carbonyl (C=O) groups is 1. The van der Waals surface area contributed by atoms with Gasteiger partial charge in [0.25, 0.3) is 0 Å². The van der Waals surface area contributed by atoms with Gasteiger partial charge in [0.15, 0.2) is 11.0 Å². The van der Waals surface area contributed by atoms with E-state index in [-0.39, 0.29) is 11.2 Å². The van der Waals surface area contributed by atoms with Gasteiger partial charge < -0.3 is 5.32 Å². The smallest absolute Gasteiger partial charge is 0.239 e. The largest absolute Gasteiger partial charge is 0.301 e. The number of amides is 1. The highest BCUT2D eigenvalue weighted by molar-refractivity contribution is 8.00. The summed E-state index contributed by atoms with van der Waals surface area (Å²) in [6, 6.07) is 8.03. The van der Waals surface area contributed by atoms with Gasteiger partial charge in [-0.2, -0.15) is 0 Å². The molecule has 1 atom stereocenters. The third kappa shape index (κ3) is 4.26. The molecular formula is C17H19N5OS2. The third-order valence-electron chi connectivity index (χ3n) is 3.67. The van der Waals surface area contributed by atoms with Crippen LogP contribution in [0.4, 0.5) is 5.13 Å². The Morgan fingerprint density at radius 2 is 2.08 bits per heavy atom. The molecule has 0 aliphatic carbocycles. The van der Waals surface area contributed by atoms with E-state index in [1.54, 1.807) is 0 Å². The molecule has 0 fully saturated rings. The Hall–Kier alpha value is -2.19. The number of rotatable bonds is 5. The fourth-order valence-electron chi connectivity index (χ4n) is 2.17. The number of nitrogens with one attached hydrogen (secondary N) is 2. The number of hydrogen-bond acceptors (Lipinski definition) is 6. The summed E-state index contributed by atoms with van der Waals surface area (Å²) in [6.45, 7) is 7.78. The Morgan fingerprint density at radius 1 is 1.28 bits per heavy atom. The summed E-state index contributed by atoms with van der Waals surface area (Å²) < 4.78 is 0. The van der Waals surface area contributed by atoms with Crippen LogP contribution >= 0.6 is 23.1 Å². The number of aryl methyl sites for hydroxylation is 3. The zero-order valence-corrected chi connectivity index (χ0v) is 16.1. The average molecular weight is 374 g/mol. The first kappa shape index (κ1) is 17.6. The van der Waals surface area contributed by atoms with Gasteiger partial charge in [-0.15, -0.1) is 16.4 Å². The number of hydrogen-bond donors (Lipinski definition) is 2. The molecule has 25 heavy (non-hydrogen) atoms. The van der Waals surface area contributed by atoms with Crippen molar-refractivity contribution in [1.29, 1.82) is 0 Å².